The summed E-state index contributed by atoms with van der Waals surface area (Å²) in [5, 5.41) is 53.3. The van der Waals surface area contributed by atoms with Gasteiger partial charge in [0.15, 0.2) is 22.8 Å². The van der Waals surface area contributed by atoms with Gasteiger partial charge in [0.2, 0.25) is 11.8 Å². The number of aromatic nitrogens is 4. The Balaban J connectivity index is 1.47. The topological polar surface area (TPSA) is 424 Å². The first-order valence-electron chi connectivity index (χ1n) is 16.4. The molecule has 0 saturated carbocycles. The van der Waals surface area contributed by atoms with Crippen LogP contribution in [0, 0.1) is 5.41 Å². The van der Waals surface area contributed by atoms with Crippen LogP contribution in [-0.4, -0.2) is 157 Å². The second-order valence-electron chi connectivity index (χ2n) is 12.8. The number of aliphatic hydroxyl groups is 5. The van der Waals surface area contributed by atoms with Crippen molar-refractivity contribution >= 4 is 69.1 Å². The van der Waals surface area contributed by atoms with Gasteiger partial charge >= 0.3 is 23.5 Å². The smallest absolute Gasteiger partial charge is 0.394 e. The molecule has 2 amide bonds. The maximum atomic E-state index is 12.7. The normalized spacial score (nSPS) is 22.6. The molecule has 31 heteroatoms. The van der Waals surface area contributed by atoms with Gasteiger partial charge in [-0.05, 0) is 0 Å². The third-order valence-corrected chi connectivity index (χ3v) is 11.8. The van der Waals surface area contributed by atoms with E-state index in [1.807, 2.05) is 0 Å². The second-order valence-corrected chi connectivity index (χ2v) is 18.2. The number of amides is 2. The number of phosphoric ester groups is 3. The van der Waals surface area contributed by atoms with Gasteiger partial charge in [-0.25, -0.2) is 28.6 Å². The molecule has 9 atom stereocenters. The minimum absolute atomic E-state index is 0.0163. The number of ether oxygens (including phenoxy) is 1. The quantitative estimate of drug-likeness (QED) is 0.0385. The van der Waals surface area contributed by atoms with Gasteiger partial charge in [-0.15, -0.1) is 0 Å². The Morgan fingerprint density at radius 1 is 1.02 bits per heavy atom. The highest BCUT2D eigenvalue weighted by Gasteiger charge is 2.50. The van der Waals surface area contributed by atoms with Crippen molar-refractivity contribution in [1.82, 2.24) is 30.2 Å². The number of hydrogen-bond acceptors (Lipinski definition) is 21. The molecule has 3 rings (SSSR count). The molecule has 324 valence electrons. The molecule has 9 unspecified atom stereocenters. The molecule has 57 heavy (non-hydrogen) atoms. The zero-order chi connectivity index (χ0) is 42.9. The summed E-state index contributed by atoms with van der Waals surface area (Å²) in [6, 6.07) is 0. The lowest BCUT2D eigenvalue weighted by Crippen LogP contribution is -2.46. The molecule has 2 aromatic rings. The van der Waals surface area contributed by atoms with E-state index in [4.69, 9.17) is 24.6 Å². The van der Waals surface area contributed by atoms with Crippen LogP contribution in [0.25, 0.3) is 11.2 Å². The van der Waals surface area contributed by atoms with E-state index in [9.17, 15) is 68.1 Å². The lowest BCUT2D eigenvalue weighted by atomic mass is 9.87. The second kappa shape index (κ2) is 20.6. The number of phosphoric acid groups is 3. The molecule has 1 aliphatic rings. The van der Waals surface area contributed by atoms with Gasteiger partial charge < -0.3 is 66.2 Å². The molecule has 1 saturated heterocycles. The number of nitrogens with one attached hydrogen (secondary N) is 2. The third kappa shape index (κ3) is 14.9. The Labute approximate surface area is 326 Å². The van der Waals surface area contributed by atoms with E-state index < -0.39 is 115 Å². The Morgan fingerprint density at radius 2 is 1.68 bits per heavy atom. The SMILES string of the molecule is CC(C)(COP(=O)(O)OP(=O)(O)OCC1OC(n2cnc3c(N)ncnc32)C(O)C1OP(=O)(O)O)C(O)C(=O)NCCC(=O)NCCSC(=O)CC(O)C(O)CO. The van der Waals surface area contributed by atoms with E-state index in [0.717, 1.165) is 29.0 Å². The van der Waals surface area contributed by atoms with Crippen LogP contribution in [0.4, 0.5) is 5.82 Å². The van der Waals surface area contributed by atoms with Crippen molar-refractivity contribution in [2.24, 2.45) is 5.41 Å². The van der Waals surface area contributed by atoms with Crippen molar-refractivity contribution in [2.45, 2.75) is 69.5 Å². The van der Waals surface area contributed by atoms with Crippen LogP contribution < -0.4 is 16.4 Å². The molecule has 27 nitrogen and oxygen atoms in total. The average Bonchev–Trinajstić information content (AvgIpc) is 3.67. The molecule has 3 heterocycles. The molecule has 0 aliphatic carbocycles. The van der Waals surface area contributed by atoms with Crippen LogP contribution in [0.15, 0.2) is 12.7 Å². The highest BCUT2D eigenvalue weighted by molar-refractivity contribution is 8.13. The Morgan fingerprint density at radius 3 is 2.33 bits per heavy atom. The molecule has 1 fully saturated rings. The molecule has 2 aromatic heterocycles. The minimum atomic E-state index is -5.60. The number of carbonyl (C=O) groups excluding carboxylic acids is 3. The van der Waals surface area contributed by atoms with E-state index in [2.05, 4.69) is 34.4 Å². The average molecular weight is 900 g/mol. The highest BCUT2D eigenvalue weighted by Crippen LogP contribution is 2.61. The zero-order valence-electron chi connectivity index (χ0n) is 30.0. The summed E-state index contributed by atoms with van der Waals surface area (Å²) >= 11 is 0.774. The summed E-state index contributed by atoms with van der Waals surface area (Å²) in [4.78, 5) is 87.2. The van der Waals surface area contributed by atoms with Gasteiger partial charge in [0.05, 0.1) is 32.3 Å². The molecular weight excluding hydrogens is 855 g/mol. The van der Waals surface area contributed by atoms with Crippen molar-refractivity contribution in [2.75, 3.05) is 44.4 Å². The summed E-state index contributed by atoms with van der Waals surface area (Å²) < 4.78 is 61.9. The summed E-state index contributed by atoms with van der Waals surface area (Å²) in [5.74, 6) is -1.51. The van der Waals surface area contributed by atoms with Gasteiger partial charge in [-0.2, -0.15) is 4.31 Å². The highest BCUT2D eigenvalue weighted by atomic mass is 32.2. The Hall–Kier alpha value is -2.56. The predicted molar refractivity (Wildman–Crippen MR) is 191 cm³/mol. The van der Waals surface area contributed by atoms with Crippen LogP contribution in [0.1, 0.15) is 32.9 Å². The molecule has 0 spiro atoms. The molecule has 0 aromatic carbocycles. The van der Waals surface area contributed by atoms with Gasteiger partial charge in [0.1, 0.15) is 42.4 Å². The van der Waals surface area contributed by atoms with Gasteiger partial charge in [-0.3, -0.25) is 32.5 Å². The van der Waals surface area contributed by atoms with Crippen LogP contribution in [0.5, 0.6) is 0 Å². The van der Waals surface area contributed by atoms with Crippen LogP contribution in [0.3, 0.4) is 0 Å². The van der Waals surface area contributed by atoms with E-state index >= 15 is 0 Å². The minimum Gasteiger partial charge on any atom is -0.394 e. The number of imidazole rings is 1. The maximum Gasteiger partial charge on any atom is 0.481 e. The summed E-state index contributed by atoms with van der Waals surface area (Å²) in [6.07, 6.45) is -10.5. The summed E-state index contributed by atoms with van der Waals surface area (Å²) in [6.45, 7) is -0.609. The Kier molecular flexibility index (Phi) is 17.6. The number of anilines is 1. The molecule has 13 N–H and O–H groups in total. The first-order chi connectivity index (χ1) is 26.4. The van der Waals surface area contributed by atoms with E-state index in [1.165, 1.54) is 13.8 Å². The van der Waals surface area contributed by atoms with Crippen molar-refractivity contribution in [1.29, 1.82) is 0 Å². The lowest BCUT2D eigenvalue weighted by Gasteiger charge is -2.30. The fourth-order valence-corrected chi connectivity index (χ4v) is 8.33. The standard InChI is InChI=1S/C26H44N7O20P3S/c1-26(2,21(40)24(41)29-4-3-16(37)28-5-6-57-17(38)7-13(35)14(36)8-34)10-50-56(47,48)53-55(45,46)49-9-15-20(52-54(42,43)44)19(39)25(51-15)33-12-32-18-22(27)30-11-31-23(18)33/h11-15,19-21,25,34-36,39-40H,3-10H2,1-2H3,(H,28,37)(H,29,41)(H,45,46)(H,47,48)(H2,27,30,31)(H2,42,43,44). The van der Waals surface area contributed by atoms with Gasteiger partial charge in [0.25, 0.3) is 0 Å². The fourth-order valence-electron chi connectivity index (χ4n) is 4.78. The van der Waals surface area contributed by atoms with Crippen molar-refractivity contribution < 1.29 is 95.8 Å². The van der Waals surface area contributed by atoms with Crippen LogP contribution in [-0.2, 0) is 50.7 Å². The number of nitrogens with two attached hydrogens (primary N) is 1. The molecular formula is C26H44N7O20P3S. The number of aliphatic hydroxyl groups excluding tert-OH is 5. The number of nitrogens with zero attached hydrogens (tertiary/aromatic N) is 4. The maximum absolute atomic E-state index is 12.7. The largest absolute Gasteiger partial charge is 0.481 e. The third-order valence-electron chi connectivity index (χ3n) is 7.77. The van der Waals surface area contributed by atoms with E-state index in [1.54, 1.807) is 0 Å². The zero-order valence-corrected chi connectivity index (χ0v) is 33.5. The number of hydrogen-bond donors (Lipinski definition) is 12. The Bertz CT molecular complexity index is 1850. The van der Waals surface area contributed by atoms with Crippen LogP contribution >= 0.6 is 35.2 Å². The first kappa shape index (κ1) is 48.8. The summed E-state index contributed by atoms with van der Waals surface area (Å²) in [7, 11) is -16.5. The van der Waals surface area contributed by atoms with E-state index in [0.29, 0.717) is 0 Å². The van der Waals surface area contributed by atoms with Crippen molar-refractivity contribution in [3.8, 4) is 0 Å². The lowest BCUT2D eigenvalue weighted by molar-refractivity contribution is -0.137. The number of rotatable bonds is 23. The van der Waals surface area contributed by atoms with Crippen molar-refractivity contribution in [3.05, 3.63) is 12.7 Å². The molecule has 0 bridgehead atoms. The predicted octanol–water partition coefficient (Wildman–Crippen LogP) is -3.23. The molecule has 1 aliphatic heterocycles. The number of thioether (sulfide) groups is 1. The van der Waals surface area contributed by atoms with Gasteiger partial charge in [0, 0.05) is 37.1 Å². The number of nitrogen functional groups attached to an aromatic ring is 1. The number of fused-ring (bicyclic) bond motifs is 1. The fraction of sp³-hybridized carbons (Fsp3) is 0.692. The number of carbonyl (C=O) groups is 3. The monoisotopic (exact) mass is 899 g/mol. The molecule has 0 radical (unpaired) electrons. The van der Waals surface area contributed by atoms with E-state index in [-0.39, 0.29) is 42.2 Å². The van der Waals surface area contributed by atoms with Crippen molar-refractivity contribution in [3.63, 3.8) is 0 Å². The summed E-state index contributed by atoms with van der Waals surface area (Å²) in [5.41, 5.74) is 4.18. The first-order valence-corrected chi connectivity index (χ1v) is 21.9. The van der Waals surface area contributed by atoms with Gasteiger partial charge in [-0.1, -0.05) is 25.6 Å². The van der Waals surface area contributed by atoms with Crippen LogP contribution in [0.2, 0.25) is 0 Å².